The predicted molar refractivity (Wildman–Crippen MR) is 130 cm³/mol. The third-order valence-electron chi connectivity index (χ3n) is 4.94. The summed E-state index contributed by atoms with van der Waals surface area (Å²) >= 11 is 12.0. The summed E-state index contributed by atoms with van der Waals surface area (Å²) in [6.45, 7) is 1.62. The number of nitrogens with one attached hydrogen (secondary N) is 1. The SMILES string of the molecule is COc1ccc2oc(-c3ccc(NC(=O)C(C)Oc4ccc(Cl)cc4Cl)cc3)cc(=O)c2c1. The zero-order valence-corrected chi connectivity index (χ0v) is 19.2. The topological polar surface area (TPSA) is 77.8 Å². The summed E-state index contributed by atoms with van der Waals surface area (Å²) in [5.74, 6) is 1.02. The fraction of sp³-hybridized carbons (Fsp3) is 0.120. The lowest BCUT2D eigenvalue weighted by atomic mass is 10.1. The summed E-state index contributed by atoms with van der Waals surface area (Å²) in [5, 5.41) is 4.03. The number of amides is 1. The van der Waals surface area contributed by atoms with Gasteiger partial charge in [0.15, 0.2) is 11.5 Å². The summed E-state index contributed by atoms with van der Waals surface area (Å²) < 4.78 is 16.7. The molecule has 33 heavy (non-hydrogen) atoms. The minimum Gasteiger partial charge on any atom is -0.497 e. The van der Waals surface area contributed by atoms with Gasteiger partial charge in [0.25, 0.3) is 5.91 Å². The van der Waals surface area contributed by atoms with Crippen LogP contribution in [0.4, 0.5) is 5.69 Å². The first-order valence-electron chi connectivity index (χ1n) is 9.99. The van der Waals surface area contributed by atoms with Crippen LogP contribution in [0, 0.1) is 0 Å². The molecule has 0 fully saturated rings. The van der Waals surface area contributed by atoms with Gasteiger partial charge in [0.05, 0.1) is 17.5 Å². The molecule has 1 aromatic heterocycles. The minimum absolute atomic E-state index is 0.172. The van der Waals surface area contributed by atoms with E-state index in [0.717, 1.165) is 0 Å². The van der Waals surface area contributed by atoms with E-state index in [0.29, 0.717) is 49.5 Å². The van der Waals surface area contributed by atoms with E-state index >= 15 is 0 Å². The normalized spacial score (nSPS) is 11.8. The van der Waals surface area contributed by atoms with Crippen molar-refractivity contribution in [2.24, 2.45) is 0 Å². The lowest BCUT2D eigenvalue weighted by Crippen LogP contribution is -2.30. The standard InChI is InChI=1S/C25H19Cl2NO5/c1-14(32-23-9-5-16(26)11-20(23)27)25(30)28-17-6-3-15(4-7-17)24-13-21(29)19-12-18(31-2)8-10-22(19)33-24/h3-14H,1-2H3,(H,28,30). The number of anilines is 1. The molecule has 1 unspecified atom stereocenters. The molecule has 0 bridgehead atoms. The zero-order valence-electron chi connectivity index (χ0n) is 17.7. The van der Waals surface area contributed by atoms with Crippen LogP contribution in [0.15, 0.2) is 75.9 Å². The van der Waals surface area contributed by atoms with Crippen molar-refractivity contribution in [1.29, 1.82) is 0 Å². The average Bonchev–Trinajstić information content (AvgIpc) is 2.81. The molecule has 1 amide bonds. The van der Waals surface area contributed by atoms with Gasteiger partial charge in [0, 0.05) is 22.3 Å². The van der Waals surface area contributed by atoms with Crippen LogP contribution in [-0.4, -0.2) is 19.1 Å². The van der Waals surface area contributed by atoms with Crippen LogP contribution >= 0.6 is 23.2 Å². The Morgan fingerprint density at radius 2 is 1.76 bits per heavy atom. The summed E-state index contributed by atoms with van der Waals surface area (Å²) in [5.41, 5.74) is 1.55. The second kappa shape index (κ2) is 9.57. The van der Waals surface area contributed by atoms with E-state index in [1.54, 1.807) is 67.6 Å². The van der Waals surface area contributed by atoms with Crippen LogP contribution in [-0.2, 0) is 4.79 Å². The molecule has 1 N–H and O–H groups in total. The number of rotatable bonds is 6. The monoisotopic (exact) mass is 483 g/mol. The molecule has 0 aliphatic rings. The average molecular weight is 484 g/mol. The molecule has 8 heteroatoms. The van der Waals surface area contributed by atoms with Crippen molar-refractivity contribution in [1.82, 2.24) is 0 Å². The zero-order chi connectivity index (χ0) is 23.5. The summed E-state index contributed by atoms with van der Waals surface area (Å²) in [6.07, 6.45) is -0.793. The smallest absolute Gasteiger partial charge is 0.265 e. The van der Waals surface area contributed by atoms with Gasteiger partial charge in [-0.15, -0.1) is 0 Å². The molecule has 0 saturated heterocycles. The van der Waals surface area contributed by atoms with E-state index < -0.39 is 6.10 Å². The molecule has 0 aliphatic carbocycles. The van der Waals surface area contributed by atoms with Gasteiger partial charge in [-0.25, -0.2) is 0 Å². The van der Waals surface area contributed by atoms with E-state index in [9.17, 15) is 9.59 Å². The summed E-state index contributed by atoms with van der Waals surface area (Å²) in [4.78, 5) is 25.0. The number of ether oxygens (including phenoxy) is 2. The van der Waals surface area contributed by atoms with Crippen LogP contribution in [0.3, 0.4) is 0 Å². The predicted octanol–water partition coefficient (Wildman–Crippen LogP) is 6.18. The first-order chi connectivity index (χ1) is 15.8. The molecule has 0 radical (unpaired) electrons. The Morgan fingerprint density at radius 3 is 2.45 bits per heavy atom. The van der Waals surface area contributed by atoms with Crippen molar-refractivity contribution in [2.75, 3.05) is 12.4 Å². The number of hydrogen-bond donors (Lipinski definition) is 1. The van der Waals surface area contributed by atoms with Crippen molar-refractivity contribution < 1.29 is 18.7 Å². The highest BCUT2D eigenvalue weighted by molar-refractivity contribution is 6.35. The van der Waals surface area contributed by atoms with E-state index in [4.69, 9.17) is 37.1 Å². The Hall–Kier alpha value is -3.48. The Balaban J connectivity index is 1.48. The molecule has 0 aliphatic heterocycles. The number of methoxy groups -OCH3 is 1. The number of carbonyl (C=O) groups excluding carboxylic acids is 1. The minimum atomic E-state index is -0.793. The van der Waals surface area contributed by atoms with Gasteiger partial charge in [-0.1, -0.05) is 23.2 Å². The summed E-state index contributed by atoms with van der Waals surface area (Å²) in [6, 6.07) is 18.2. The van der Waals surface area contributed by atoms with Crippen molar-refractivity contribution in [3.8, 4) is 22.8 Å². The number of carbonyl (C=O) groups is 1. The maximum atomic E-state index is 12.5. The molecule has 0 spiro atoms. The maximum Gasteiger partial charge on any atom is 0.265 e. The highest BCUT2D eigenvalue weighted by Crippen LogP contribution is 2.29. The van der Waals surface area contributed by atoms with Crippen molar-refractivity contribution in [3.05, 3.63) is 87.0 Å². The van der Waals surface area contributed by atoms with Crippen LogP contribution in [0.5, 0.6) is 11.5 Å². The largest absolute Gasteiger partial charge is 0.497 e. The molecular formula is C25H19Cl2NO5. The Kier molecular flexibility index (Phi) is 6.58. The first kappa shape index (κ1) is 22.7. The molecule has 4 rings (SSSR count). The second-order valence-corrected chi connectivity index (χ2v) is 8.08. The van der Waals surface area contributed by atoms with Crippen molar-refractivity contribution >= 4 is 45.8 Å². The lowest BCUT2D eigenvalue weighted by molar-refractivity contribution is -0.122. The highest BCUT2D eigenvalue weighted by atomic mass is 35.5. The Labute approximate surface area is 199 Å². The van der Waals surface area contributed by atoms with Crippen LogP contribution in [0.2, 0.25) is 10.0 Å². The molecule has 1 atom stereocenters. The molecular weight excluding hydrogens is 465 g/mol. The first-order valence-corrected chi connectivity index (χ1v) is 10.7. The van der Waals surface area contributed by atoms with Crippen molar-refractivity contribution in [3.63, 3.8) is 0 Å². The summed E-state index contributed by atoms with van der Waals surface area (Å²) in [7, 11) is 1.54. The number of fused-ring (bicyclic) bond motifs is 1. The molecule has 3 aromatic carbocycles. The van der Waals surface area contributed by atoms with Gasteiger partial charge in [-0.2, -0.15) is 0 Å². The van der Waals surface area contributed by atoms with E-state index in [1.165, 1.54) is 13.2 Å². The molecule has 0 saturated carbocycles. The van der Waals surface area contributed by atoms with Gasteiger partial charge >= 0.3 is 0 Å². The van der Waals surface area contributed by atoms with Gasteiger partial charge < -0.3 is 19.2 Å². The van der Waals surface area contributed by atoms with E-state index in [1.807, 2.05) is 0 Å². The molecule has 6 nitrogen and oxygen atoms in total. The third kappa shape index (κ3) is 5.13. The van der Waals surface area contributed by atoms with Crippen LogP contribution < -0.4 is 20.2 Å². The lowest BCUT2D eigenvalue weighted by Gasteiger charge is -2.16. The van der Waals surface area contributed by atoms with Crippen LogP contribution in [0.1, 0.15) is 6.92 Å². The molecule has 168 valence electrons. The van der Waals surface area contributed by atoms with E-state index in [2.05, 4.69) is 5.32 Å². The number of benzene rings is 3. The molecule has 4 aromatic rings. The fourth-order valence-corrected chi connectivity index (χ4v) is 3.63. The van der Waals surface area contributed by atoms with Gasteiger partial charge in [0.2, 0.25) is 0 Å². The van der Waals surface area contributed by atoms with Crippen LogP contribution in [0.25, 0.3) is 22.3 Å². The number of hydrogen-bond acceptors (Lipinski definition) is 5. The van der Waals surface area contributed by atoms with E-state index in [-0.39, 0.29) is 11.3 Å². The maximum absolute atomic E-state index is 12.5. The van der Waals surface area contributed by atoms with Crippen molar-refractivity contribution in [2.45, 2.75) is 13.0 Å². The number of halogens is 2. The fourth-order valence-electron chi connectivity index (χ4n) is 3.18. The van der Waals surface area contributed by atoms with Gasteiger partial charge in [-0.3, -0.25) is 9.59 Å². The second-order valence-electron chi connectivity index (χ2n) is 7.24. The quantitative estimate of drug-likeness (QED) is 0.354. The Morgan fingerprint density at radius 1 is 1.00 bits per heavy atom. The Bertz CT molecular complexity index is 1380. The van der Waals surface area contributed by atoms with Gasteiger partial charge in [0.1, 0.15) is 22.8 Å². The third-order valence-corrected chi connectivity index (χ3v) is 5.47. The molecule has 1 heterocycles. The highest BCUT2D eigenvalue weighted by Gasteiger charge is 2.17. The van der Waals surface area contributed by atoms with Gasteiger partial charge in [-0.05, 0) is 67.6 Å².